The minimum Gasteiger partial charge on any atom is -0.370 e. The average molecular weight is 205 g/mol. The number of anilines is 1. The average Bonchev–Trinajstić information content (AvgIpc) is 2.30. The first-order valence-electron chi connectivity index (χ1n) is 5.84. The molecule has 0 N–H and O–H groups in total. The van der Waals surface area contributed by atoms with Crippen LogP contribution in [-0.4, -0.2) is 23.3 Å². The third kappa shape index (κ3) is 2.28. The van der Waals surface area contributed by atoms with Crippen molar-refractivity contribution in [2.45, 2.75) is 33.1 Å². The van der Waals surface area contributed by atoms with Crippen molar-refractivity contribution in [1.82, 2.24) is 10.2 Å². The monoisotopic (exact) mass is 205 g/mol. The number of aromatic nitrogens is 2. The molecule has 82 valence electrons. The minimum atomic E-state index is 0.927. The van der Waals surface area contributed by atoms with Gasteiger partial charge in [-0.25, -0.2) is 0 Å². The van der Waals surface area contributed by atoms with Gasteiger partial charge in [-0.05, 0) is 31.7 Å². The fraction of sp³-hybridized carbons (Fsp3) is 0.667. The zero-order valence-corrected chi connectivity index (χ0v) is 9.61. The molecule has 1 aliphatic rings. The van der Waals surface area contributed by atoms with Gasteiger partial charge in [0.25, 0.3) is 0 Å². The van der Waals surface area contributed by atoms with Crippen molar-refractivity contribution in [1.29, 1.82) is 0 Å². The summed E-state index contributed by atoms with van der Waals surface area (Å²) in [6.07, 6.45) is 5.74. The van der Waals surface area contributed by atoms with E-state index in [-0.39, 0.29) is 0 Å². The second-order valence-electron chi connectivity index (χ2n) is 4.34. The molecule has 15 heavy (non-hydrogen) atoms. The second kappa shape index (κ2) is 4.60. The first-order chi connectivity index (χ1) is 7.31. The van der Waals surface area contributed by atoms with Crippen LogP contribution >= 0.6 is 0 Å². The lowest BCUT2D eigenvalue weighted by molar-refractivity contribution is 0.394. The van der Waals surface area contributed by atoms with Crippen molar-refractivity contribution in [3.8, 4) is 0 Å². The molecule has 0 aromatic carbocycles. The fourth-order valence-electron chi connectivity index (χ4n) is 2.31. The van der Waals surface area contributed by atoms with Gasteiger partial charge < -0.3 is 4.90 Å². The highest BCUT2D eigenvalue weighted by molar-refractivity contribution is 5.49. The van der Waals surface area contributed by atoms with Crippen molar-refractivity contribution in [2.75, 3.05) is 18.0 Å². The SMILES string of the molecule is CCC1CCN(c2ccnnc2C)CC1. The van der Waals surface area contributed by atoms with Crippen LogP contribution in [-0.2, 0) is 0 Å². The van der Waals surface area contributed by atoms with Gasteiger partial charge in [0.2, 0.25) is 0 Å². The molecule has 0 spiro atoms. The lowest BCUT2D eigenvalue weighted by Crippen LogP contribution is -2.34. The summed E-state index contributed by atoms with van der Waals surface area (Å²) >= 11 is 0. The zero-order valence-electron chi connectivity index (χ0n) is 9.61. The molecule has 0 bridgehead atoms. The van der Waals surface area contributed by atoms with Gasteiger partial charge in [0.15, 0.2) is 0 Å². The van der Waals surface area contributed by atoms with E-state index in [1.807, 2.05) is 6.92 Å². The Bertz CT molecular complexity index is 316. The highest BCUT2D eigenvalue weighted by Gasteiger charge is 2.19. The predicted octanol–water partition coefficient (Wildman–Crippen LogP) is 2.41. The summed E-state index contributed by atoms with van der Waals surface area (Å²) in [5, 5.41) is 8.00. The van der Waals surface area contributed by atoms with E-state index in [0.717, 1.165) is 11.6 Å². The Morgan fingerprint density at radius 3 is 2.73 bits per heavy atom. The molecule has 0 radical (unpaired) electrons. The van der Waals surface area contributed by atoms with Crippen LogP contribution in [0.3, 0.4) is 0 Å². The van der Waals surface area contributed by atoms with E-state index >= 15 is 0 Å². The maximum absolute atomic E-state index is 4.10. The minimum absolute atomic E-state index is 0.927. The van der Waals surface area contributed by atoms with Gasteiger partial charge in [0, 0.05) is 13.1 Å². The van der Waals surface area contributed by atoms with E-state index in [1.54, 1.807) is 6.20 Å². The molecule has 0 atom stereocenters. The maximum Gasteiger partial charge on any atom is 0.0833 e. The molecule has 2 heterocycles. The van der Waals surface area contributed by atoms with Crippen LogP contribution in [0.1, 0.15) is 31.9 Å². The van der Waals surface area contributed by atoms with E-state index in [0.29, 0.717) is 0 Å². The Hall–Kier alpha value is -1.12. The van der Waals surface area contributed by atoms with Gasteiger partial charge in [-0.3, -0.25) is 0 Å². The van der Waals surface area contributed by atoms with Gasteiger partial charge in [0.1, 0.15) is 0 Å². The first kappa shape index (κ1) is 10.4. The van der Waals surface area contributed by atoms with Gasteiger partial charge in [-0.2, -0.15) is 10.2 Å². The summed E-state index contributed by atoms with van der Waals surface area (Å²) in [6.45, 7) is 6.67. The molecule has 1 aromatic heterocycles. The van der Waals surface area contributed by atoms with Crippen LogP contribution < -0.4 is 4.90 Å². The Kier molecular flexibility index (Phi) is 3.19. The van der Waals surface area contributed by atoms with Crippen LogP contribution in [0.5, 0.6) is 0 Å². The van der Waals surface area contributed by atoms with E-state index in [4.69, 9.17) is 0 Å². The van der Waals surface area contributed by atoms with Crippen molar-refractivity contribution in [3.63, 3.8) is 0 Å². The molecule has 2 rings (SSSR count). The normalized spacial score (nSPS) is 18.1. The predicted molar refractivity (Wildman–Crippen MR) is 62.0 cm³/mol. The third-order valence-corrected chi connectivity index (χ3v) is 3.41. The Morgan fingerprint density at radius 2 is 2.13 bits per heavy atom. The van der Waals surface area contributed by atoms with Gasteiger partial charge >= 0.3 is 0 Å². The summed E-state index contributed by atoms with van der Waals surface area (Å²) in [5.41, 5.74) is 2.31. The topological polar surface area (TPSA) is 29.0 Å². The fourth-order valence-corrected chi connectivity index (χ4v) is 2.31. The van der Waals surface area contributed by atoms with Crippen molar-refractivity contribution in [2.24, 2.45) is 5.92 Å². The van der Waals surface area contributed by atoms with Gasteiger partial charge in [-0.1, -0.05) is 13.3 Å². The molecule has 1 aromatic rings. The molecule has 0 aliphatic carbocycles. The highest BCUT2D eigenvalue weighted by Crippen LogP contribution is 2.25. The summed E-state index contributed by atoms with van der Waals surface area (Å²) < 4.78 is 0. The molecule has 0 unspecified atom stereocenters. The van der Waals surface area contributed by atoms with Crippen LogP contribution in [0.15, 0.2) is 12.3 Å². The summed E-state index contributed by atoms with van der Waals surface area (Å²) in [4.78, 5) is 2.44. The number of hydrogen-bond acceptors (Lipinski definition) is 3. The van der Waals surface area contributed by atoms with Gasteiger partial charge in [0.05, 0.1) is 17.6 Å². The van der Waals surface area contributed by atoms with Crippen LogP contribution in [0.2, 0.25) is 0 Å². The summed E-state index contributed by atoms with van der Waals surface area (Å²) in [5.74, 6) is 0.927. The largest absolute Gasteiger partial charge is 0.370 e. The van der Waals surface area contributed by atoms with Crippen LogP contribution in [0.4, 0.5) is 5.69 Å². The molecule has 1 saturated heterocycles. The summed E-state index contributed by atoms with van der Waals surface area (Å²) in [6, 6.07) is 2.08. The zero-order chi connectivity index (χ0) is 10.7. The lowest BCUT2D eigenvalue weighted by Gasteiger charge is -2.33. The van der Waals surface area contributed by atoms with Crippen molar-refractivity contribution >= 4 is 5.69 Å². The van der Waals surface area contributed by atoms with Crippen molar-refractivity contribution < 1.29 is 0 Å². The van der Waals surface area contributed by atoms with Crippen LogP contribution in [0, 0.1) is 12.8 Å². The number of nitrogens with zero attached hydrogens (tertiary/aromatic N) is 3. The lowest BCUT2D eigenvalue weighted by atomic mass is 9.94. The molecule has 1 aliphatic heterocycles. The van der Waals surface area contributed by atoms with E-state index < -0.39 is 0 Å². The molecule has 0 saturated carbocycles. The first-order valence-corrected chi connectivity index (χ1v) is 5.84. The quantitative estimate of drug-likeness (QED) is 0.742. The molecular weight excluding hydrogens is 186 g/mol. The van der Waals surface area contributed by atoms with Crippen molar-refractivity contribution in [3.05, 3.63) is 18.0 Å². The Morgan fingerprint density at radius 1 is 1.40 bits per heavy atom. The second-order valence-corrected chi connectivity index (χ2v) is 4.34. The van der Waals surface area contributed by atoms with Gasteiger partial charge in [-0.15, -0.1) is 0 Å². The Labute approximate surface area is 91.5 Å². The van der Waals surface area contributed by atoms with E-state index in [2.05, 4.69) is 28.1 Å². The standard InChI is InChI=1S/C12H19N3/c1-3-11-5-8-15(9-6-11)12-4-7-13-14-10(12)2/h4,7,11H,3,5-6,8-9H2,1-2H3. The van der Waals surface area contributed by atoms with Crippen LogP contribution in [0.25, 0.3) is 0 Å². The third-order valence-electron chi connectivity index (χ3n) is 3.41. The number of piperidine rings is 1. The highest BCUT2D eigenvalue weighted by atomic mass is 15.2. The molecule has 1 fully saturated rings. The smallest absolute Gasteiger partial charge is 0.0833 e. The summed E-state index contributed by atoms with van der Waals surface area (Å²) in [7, 11) is 0. The van der Waals surface area contributed by atoms with E-state index in [9.17, 15) is 0 Å². The molecule has 3 heteroatoms. The Balaban J connectivity index is 2.04. The molecular formula is C12H19N3. The molecule has 0 amide bonds. The number of aryl methyl sites for hydroxylation is 1. The van der Waals surface area contributed by atoms with E-state index in [1.165, 1.54) is 38.0 Å². The number of rotatable bonds is 2. The molecule has 3 nitrogen and oxygen atoms in total. The number of hydrogen-bond donors (Lipinski definition) is 0. The maximum atomic E-state index is 4.10.